The fourth-order valence-corrected chi connectivity index (χ4v) is 4.37. The van der Waals surface area contributed by atoms with Crippen molar-refractivity contribution in [2.24, 2.45) is 0 Å². The van der Waals surface area contributed by atoms with E-state index in [1.807, 2.05) is 30.3 Å². The summed E-state index contributed by atoms with van der Waals surface area (Å²) >= 11 is 0. The molecule has 2 aliphatic rings. The van der Waals surface area contributed by atoms with E-state index in [0.717, 1.165) is 56.1 Å². The minimum absolute atomic E-state index is 0.259. The Morgan fingerprint density at radius 1 is 1.07 bits per heavy atom. The molecule has 140 valence electrons. The number of rotatable bonds is 5. The summed E-state index contributed by atoms with van der Waals surface area (Å²) < 4.78 is 11.6. The molecule has 4 rings (SSSR count). The first-order valence-electron chi connectivity index (χ1n) is 9.79. The third-order valence-corrected chi connectivity index (χ3v) is 5.83. The van der Waals surface area contributed by atoms with Gasteiger partial charge >= 0.3 is 0 Å². The van der Waals surface area contributed by atoms with Crippen LogP contribution >= 0.6 is 0 Å². The number of piperidine rings is 1. The van der Waals surface area contributed by atoms with E-state index < -0.39 is 0 Å². The highest BCUT2D eigenvalue weighted by atomic mass is 16.5. The Kier molecular flexibility index (Phi) is 5.31. The van der Waals surface area contributed by atoms with Crippen LogP contribution in [0.4, 0.5) is 5.69 Å². The predicted molar refractivity (Wildman–Crippen MR) is 107 cm³/mol. The third kappa shape index (κ3) is 3.94. The summed E-state index contributed by atoms with van der Waals surface area (Å²) in [5, 5.41) is 0. The minimum atomic E-state index is 0.259. The zero-order valence-corrected chi connectivity index (χ0v) is 15.9. The lowest BCUT2D eigenvalue weighted by molar-refractivity contribution is 0.0945. The van der Waals surface area contributed by atoms with Crippen molar-refractivity contribution in [2.75, 3.05) is 26.7 Å². The number of para-hydroxylation sites is 2. The summed E-state index contributed by atoms with van der Waals surface area (Å²) in [5.74, 6) is 2.26. The van der Waals surface area contributed by atoms with Crippen molar-refractivity contribution in [1.82, 2.24) is 4.90 Å². The van der Waals surface area contributed by atoms with Gasteiger partial charge in [0.1, 0.15) is 6.10 Å². The molecule has 27 heavy (non-hydrogen) atoms. The lowest BCUT2D eigenvalue weighted by Crippen LogP contribution is -2.40. The van der Waals surface area contributed by atoms with Gasteiger partial charge in [0.25, 0.3) is 0 Å². The van der Waals surface area contributed by atoms with Gasteiger partial charge in [-0.05, 0) is 49.3 Å². The van der Waals surface area contributed by atoms with Crippen LogP contribution in [0.5, 0.6) is 11.5 Å². The van der Waals surface area contributed by atoms with E-state index >= 15 is 0 Å². The molecule has 1 atom stereocenters. The molecular weight excluding hydrogens is 336 g/mol. The first kappa shape index (κ1) is 17.9. The molecule has 0 amide bonds. The van der Waals surface area contributed by atoms with Crippen molar-refractivity contribution in [1.29, 1.82) is 0 Å². The van der Waals surface area contributed by atoms with Gasteiger partial charge in [-0.15, -0.1) is 0 Å². The quantitative estimate of drug-likeness (QED) is 0.713. The average molecular weight is 362 g/mol. The van der Waals surface area contributed by atoms with Crippen molar-refractivity contribution in [3.63, 3.8) is 0 Å². The smallest absolute Gasteiger partial charge is 0.187 e. The summed E-state index contributed by atoms with van der Waals surface area (Å²) in [7, 11) is 1.69. The second kappa shape index (κ2) is 8.02. The summed E-state index contributed by atoms with van der Waals surface area (Å²) in [6.45, 7) is 10.5. The van der Waals surface area contributed by atoms with Crippen LogP contribution in [0.15, 0.2) is 42.5 Å². The van der Waals surface area contributed by atoms with Crippen molar-refractivity contribution in [3.8, 4) is 11.5 Å². The SMILES string of the molecule is [C-]#[N+]c1ccc2c(c1)CCC2CN1CCC(Oc2ccccc2OC)CC1. The van der Waals surface area contributed by atoms with Crippen molar-refractivity contribution in [2.45, 2.75) is 37.7 Å². The van der Waals surface area contributed by atoms with Gasteiger partial charge in [0, 0.05) is 19.6 Å². The van der Waals surface area contributed by atoms with Gasteiger partial charge in [0.05, 0.1) is 13.7 Å². The van der Waals surface area contributed by atoms with E-state index in [-0.39, 0.29) is 6.10 Å². The number of benzene rings is 2. The molecule has 2 aromatic carbocycles. The molecule has 0 bridgehead atoms. The predicted octanol–water partition coefficient (Wildman–Crippen LogP) is 4.82. The van der Waals surface area contributed by atoms with Gasteiger partial charge < -0.3 is 14.4 Å². The topological polar surface area (TPSA) is 26.1 Å². The number of hydrogen-bond acceptors (Lipinski definition) is 3. The maximum atomic E-state index is 7.18. The van der Waals surface area contributed by atoms with Gasteiger partial charge in [-0.2, -0.15) is 0 Å². The number of fused-ring (bicyclic) bond motifs is 1. The Balaban J connectivity index is 1.31. The normalized spacial score (nSPS) is 20.1. The van der Waals surface area contributed by atoms with Gasteiger partial charge in [-0.25, -0.2) is 4.85 Å². The molecule has 1 heterocycles. The maximum absolute atomic E-state index is 7.18. The van der Waals surface area contributed by atoms with Crippen molar-refractivity contribution < 1.29 is 9.47 Å². The number of methoxy groups -OCH3 is 1. The summed E-state index contributed by atoms with van der Waals surface area (Å²) in [6, 6.07) is 14.1. The Morgan fingerprint density at radius 2 is 1.85 bits per heavy atom. The molecule has 1 aliphatic carbocycles. The monoisotopic (exact) mass is 362 g/mol. The molecule has 4 nitrogen and oxygen atoms in total. The molecule has 0 spiro atoms. The van der Waals surface area contributed by atoms with E-state index in [1.54, 1.807) is 7.11 Å². The molecule has 0 aromatic heterocycles. The second-order valence-electron chi connectivity index (χ2n) is 7.50. The Morgan fingerprint density at radius 3 is 2.59 bits per heavy atom. The first-order chi connectivity index (χ1) is 13.3. The average Bonchev–Trinajstić information content (AvgIpc) is 3.11. The van der Waals surface area contributed by atoms with E-state index in [4.69, 9.17) is 16.0 Å². The molecule has 4 heteroatoms. The number of nitrogens with zero attached hydrogens (tertiary/aromatic N) is 2. The number of aryl methyl sites for hydroxylation is 1. The zero-order chi connectivity index (χ0) is 18.6. The molecule has 1 fully saturated rings. The second-order valence-corrected chi connectivity index (χ2v) is 7.50. The van der Waals surface area contributed by atoms with Gasteiger partial charge in [-0.3, -0.25) is 0 Å². The van der Waals surface area contributed by atoms with Gasteiger partial charge in [0.15, 0.2) is 17.2 Å². The highest BCUT2D eigenvalue weighted by Gasteiger charge is 2.27. The van der Waals surface area contributed by atoms with Crippen LogP contribution in [0.25, 0.3) is 4.85 Å². The highest BCUT2D eigenvalue weighted by Crippen LogP contribution is 2.36. The number of hydrogen-bond donors (Lipinski definition) is 0. The fraction of sp³-hybridized carbons (Fsp3) is 0.435. The standard InChI is InChI=1S/C23H26N2O2/c1-24-19-9-10-21-17(15-19)7-8-18(21)16-25-13-11-20(12-14-25)27-23-6-4-3-5-22(23)26-2/h3-6,9-10,15,18,20H,7-8,11-14,16H2,2H3. The van der Waals surface area contributed by atoms with Crippen LogP contribution in [0.2, 0.25) is 0 Å². The van der Waals surface area contributed by atoms with E-state index in [9.17, 15) is 0 Å². The van der Waals surface area contributed by atoms with Crippen LogP contribution in [-0.2, 0) is 6.42 Å². The highest BCUT2D eigenvalue weighted by molar-refractivity contribution is 5.52. The van der Waals surface area contributed by atoms with Crippen LogP contribution in [-0.4, -0.2) is 37.7 Å². The Hall–Kier alpha value is -2.51. The molecule has 1 unspecified atom stereocenters. The maximum Gasteiger partial charge on any atom is 0.187 e. The van der Waals surface area contributed by atoms with Crippen molar-refractivity contribution in [3.05, 3.63) is 65.0 Å². The van der Waals surface area contributed by atoms with E-state index in [0.29, 0.717) is 5.92 Å². The van der Waals surface area contributed by atoms with Crippen LogP contribution in [0.1, 0.15) is 36.3 Å². The van der Waals surface area contributed by atoms with Crippen LogP contribution < -0.4 is 9.47 Å². The summed E-state index contributed by atoms with van der Waals surface area (Å²) in [6.07, 6.45) is 4.67. The van der Waals surface area contributed by atoms with E-state index in [2.05, 4.69) is 21.9 Å². The minimum Gasteiger partial charge on any atom is -0.493 e. The van der Waals surface area contributed by atoms with Gasteiger partial charge in [-0.1, -0.05) is 35.9 Å². The molecule has 0 N–H and O–H groups in total. The lowest BCUT2D eigenvalue weighted by Gasteiger charge is -2.34. The zero-order valence-electron chi connectivity index (χ0n) is 15.9. The largest absolute Gasteiger partial charge is 0.493 e. The number of ether oxygens (including phenoxy) is 2. The Labute approximate surface area is 161 Å². The van der Waals surface area contributed by atoms with Gasteiger partial charge in [0.2, 0.25) is 0 Å². The molecule has 1 saturated heterocycles. The van der Waals surface area contributed by atoms with E-state index in [1.165, 1.54) is 17.5 Å². The molecule has 0 saturated carbocycles. The molecular formula is C23H26N2O2. The Bertz CT molecular complexity index is 835. The first-order valence-corrected chi connectivity index (χ1v) is 9.79. The van der Waals surface area contributed by atoms with Crippen LogP contribution in [0, 0.1) is 6.57 Å². The fourth-order valence-electron chi connectivity index (χ4n) is 4.37. The lowest BCUT2D eigenvalue weighted by atomic mass is 9.98. The molecule has 0 radical (unpaired) electrons. The molecule has 2 aromatic rings. The summed E-state index contributed by atoms with van der Waals surface area (Å²) in [5.41, 5.74) is 3.60. The van der Waals surface area contributed by atoms with Crippen LogP contribution in [0.3, 0.4) is 0 Å². The number of likely N-dealkylation sites (tertiary alicyclic amines) is 1. The summed E-state index contributed by atoms with van der Waals surface area (Å²) in [4.78, 5) is 6.13. The van der Waals surface area contributed by atoms with Crippen molar-refractivity contribution >= 4 is 5.69 Å². The third-order valence-electron chi connectivity index (χ3n) is 5.83. The molecule has 1 aliphatic heterocycles.